The lowest BCUT2D eigenvalue weighted by atomic mass is 10.4. The molecule has 2 rings (SSSR count). The van der Waals surface area contributed by atoms with Crippen molar-refractivity contribution in [3.63, 3.8) is 0 Å². The van der Waals surface area contributed by atoms with Gasteiger partial charge >= 0.3 is 0 Å². The van der Waals surface area contributed by atoms with E-state index in [9.17, 15) is 0 Å². The lowest BCUT2D eigenvalue weighted by molar-refractivity contribution is 0.412. The summed E-state index contributed by atoms with van der Waals surface area (Å²) in [7, 11) is 1.66. The largest absolute Gasteiger partial charge is 0.495 e. The van der Waals surface area contributed by atoms with Crippen LogP contribution in [0.2, 0.25) is 0 Å². The normalized spacial score (nSPS) is 10.6. The summed E-state index contributed by atoms with van der Waals surface area (Å²) in [6, 6.07) is 8.02. The molecule has 0 atom stereocenters. The molecule has 0 radical (unpaired) electrons. The van der Waals surface area contributed by atoms with E-state index >= 15 is 0 Å². The number of hydrogen-bond donors (Lipinski definition) is 1. The third-order valence-corrected chi connectivity index (χ3v) is 2.15. The van der Waals surface area contributed by atoms with Gasteiger partial charge in [0, 0.05) is 17.8 Å². The van der Waals surface area contributed by atoms with Crippen molar-refractivity contribution in [1.29, 1.82) is 0 Å². The molecule has 3 nitrogen and oxygen atoms in total. The quantitative estimate of drug-likeness (QED) is 0.751. The van der Waals surface area contributed by atoms with Crippen LogP contribution in [0.5, 0.6) is 5.75 Å². The van der Waals surface area contributed by atoms with E-state index in [1.54, 1.807) is 7.11 Å². The van der Waals surface area contributed by atoms with E-state index in [0.29, 0.717) is 6.54 Å². The number of aromatic nitrogens is 1. The summed E-state index contributed by atoms with van der Waals surface area (Å²) in [4.78, 5) is 0. The van der Waals surface area contributed by atoms with Crippen LogP contribution in [-0.2, 0) is 6.54 Å². The van der Waals surface area contributed by atoms with Crippen LogP contribution < -0.4 is 10.5 Å². The molecule has 0 unspecified atom stereocenters. The van der Waals surface area contributed by atoms with Crippen LogP contribution in [0.3, 0.4) is 0 Å². The van der Waals surface area contributed by atoms with Crippen molar-refractivity contribution < 1.29 is 4.74 Å². The maximum absolute atomic E-state index is 5.59. The Kier molecular flexibility index (Phi) is 1.94. The van der Waals surface area contributed by atoms with Gasteiger partial charge in [-0.05, 0) is 24.3 Å². The van der Waals surface area contributed by atoms with Crippen molar-refractivity contribution in [1.82, 2.24) is 4.40 Å². The summed E-state index contributed by atoms with van der Waals surface area (Å²) in [6.45, 7) is 0.543. The Bertz CT molecular complexity index is 420. The van der Waals surface area contributed by atoms with Crippen LogP contribution in [0.1, 0.15) is 5.69 Å². The minimum atomic E-state index is 0.543. The average Bonchev–Trinajstić information content (AvgIpc) is 2.59. The summed E-state index contributed by atoms with van der Waals surface area (Å²) < 4.78 is 7.17. The van der Waals surface area contributed by atoms with E-state index < -0.39 is 0 Å². The van der Waals surface area contributed by atoms with Crippen molar-refractivity contribution >= 4 is 5.52 Å². The molecule has 0 aliphatic carbocycles. The summed E-state index contributed by atoms with van der Waals surface area (Å²) >= 11 is 0. The fourth-order valence-corrected chi connectivity index (χ4v) is 1.43. The van der Waals surface area contributed by atoms with E-state index in [-0.39, 0.29) is 0 Å². The Labute approximate surface area is 76.7 Å². The highest BCUT2D eigenvalue weighted by Gasteiger charge is 2.00. The topological polar surface area (TPSA) is 39.7 Å². The first-order chi connectivity index (χ1) is 6.35. The average molecular weight is 176 g/mol. The number of fused-ring (bicyclic) bond motifs is 1. The summed E-state index contributed by atoms with van der Waals surface area (Å²) in [5, 5.41) is 0. The zero-order valence-electron chi connectivity index (χ0n) is 7.53. The molecule has 68 valence electrons. The van der Waals surface area contributed by atoms with Crippen LogP contribution in [0.25, 0.3) is 5.52 Å². The molecule has 0 fully saturated rings. The second kappa shape index (κ2) is 3.11. The van der Waals surface area contributed by atoms with Gasteiger partial charge in [0.25, 0.3) is 0 Å². The number of hydrogen-bond acceptors (Lipinski definition) is 2. The molecule has 0 saturated heterocycles. The third kappa shape index (κ3) is 1.27. The highest BCUT2D eigenvalue weighted by Crippen LogP contribution is 2.15. The van der Waals surface area contributed by atoms with Gasteiger partial charge in [0.2, 0.25) is 0 Å². The van der Waals surface area contributed by atoms with E-state index in [2.05, 4.69) is 0 Å². The molecule has 0 amide bonds. The summed E-state index contributed by atoms with van der Waals surface area (Å²) in [5.74, 6) is 0.846. The van der Waals surface area contributed by atoms with Gasteiger partial charge in [-0.25, -0.2) is 0 Å². The van der Waals surface area contributed by atoms with Crippen molar-refractivity contribution in [2.45, 2.75) is 6.54 Å². The van der Waals surface area contributed by atoms with Crippen molar-refractivity contribution in [3.05, 3.63) is 36.2 Å². The number of methoxy groups -OCH3 is 1. The molecular formula is C10H12N2O. The van der Waals surface area contributed by atoms with E-state index in [4.69, 9.17) is 10.5 Å². The minimum Gasteiger partial charge on any atom is -0.495 e. The zero-order chi connectivity index (χ0) is 9.26. The Morgan fingerprint density at radius 3 is 2.77 bits per heavy atom. The van der Waals surface area contributed by atoms with Crippen LogP contribution >= 0.6 is 0 Å². The molecule has 0 aromatic carbocycles. The van der Waals surface area contributed by atoms with Gasteiger partial charge in [-0.15, -0.1) is 0 Å². The van der Waals surface area contributed by atoms with Gasteiger partial charge in [0.1, 0.15) is 5.75 Å². The second-order valence-electron chi connectivity index (χ2n) is 2.89. The molecule has 0 spiro atoms. The molecule has 0 aliphatic heterocycles. The van der Waals surface area contributed by atoms with Gasteiger partial charge in [-0.1, -0.05) is 0 Å². The van der Waals surface area contributed by atoms with Gasteiger partial charge in [-0.3, -0.25) is 0 Å². The third-order valence-electron chi connectivity index (χ3n) is 2.15. The lowest BCUT2D eigenvalue weighted by Crippen LogP contribution is -2.00. The standard InChI is InChI=1S/C10H12N2O/c1-13-10-5-4-8-2-3-9(6-11)12(8)7-10/h2-5,7H,6,11H2,1H3. The van der Waals surface area contributed by atoms with E-state index in [1.165, 1.54) is 0 Å². The Hall–Kier alpha value is -1.48. The molecule has 13 heavy (non-hydrogen) atoms. The summed E-state index contributed by atoms with van der Waals surface area (Å²) in [6.07, 6.45) is 1.94. The van der Waals surface area contributed by atoms with Crippen LogP contribution in [0.4, 0.5) is 0 Å². The fraction of sp³-hybridized carbons (Fsp3) is 0.200. The molecular weight excluding hydrogens is 164 g/mol. The van der Waals surface area contributed by atoms with Gasteiger partial charge < -0.3 is 14.9 Å². The Morgan fingerprint density at radius 2 is 2.08 bits per heavy atom. The highest BCUT2D eigenvalue weighted by atomic mass is 16.5. The van der Waals surface area contributed by atoms with Gasteiger partial charge in [0.15, 0.2) is 0 Å². The minimum absolute atomic E-state index is 0.543. The second-order valence-corrected chi connectivity index (χ2v) is 2.89. The zero-order valence-corrected chi connectivity index (χ0v) is 7.53. The van der Waals surface area contributed by atoms with Gasteiger partial charge in [-0.2, -0.15) is 0 Å². The predicted octanol–water partition coefficient (Wildman–Crippen LogP) is 1.41. The van der Waals surface area contributed by atoms with Gasteiger partial charge in [0.05, 0.1) is 13.3 Å². The number of ether oxygens (including phenoxy) is 1. The first kappa shape index (κ1) is 8.13. The highest BCUT2D eigenvalue weighted by molar-refractivity contribution is 5.51. The molecule has 0 aliphatic rings. The lowest BCUT2D eigenvalue weighted by Gasteiger charge is -2.03. The monoisotopic (exact) mass is 176 g/mol. The molecule has 2 N–H and O–H groups in total. The van der Waals surface area contributed by atoms with E-state index in [1.807, 2.05) is 34.9 Å². The summed E-state index contributed by atoms with van der Waals surface area (Å²) in [5.41, 5.74) is 7.82. The molecule has 2 aromatic heterocycles. The Morgan fingerprint density at radius 1 is 1.31 bits per heavy atom. The van der Waals surface area contributed by atoms with E-state index in [0.717, 1.165) is 17.0 Å². The molecule has 2 heterocycles. The number of rotatable bonds is 2. The maximum atomic E-state index is 5.59. The maximum Gasteiger partial charge on any atom is 0.135 e. The van der Waals surface area contributed by atoms with Crippen LogP contribution in [-0.4, -0.2) is 11.5 Å². The van der Waals surface area contributed by atoms with Crippen molar-refractivity contribution in [2.24, 2.45) is 5.73 Å². The van der Waals surface area contributed by atoms with Crippen LogP contribution in [0, 0.1) is 0 Å². The fourth-order valence-electron chi connectivity index (χ4n) is 1.43. The molecule has 2 aromatic rings. The SMILES string of the molecule is COc1ccc2ccc(CN)n2c1. The first-order valence-corrected chi connectivity index (χ1v) is 4.19. The number of nitrogens with zero attached hydrogens (tertiary/aromatic N) is 1. The van der Waals surface area contributed by atoms with Crippen molar-refractivity contribution in [2.75, 3.05) is 7.11 Å². The molecule has 0 saturated carbocycles. The number of pyridine rings is 1. The Balaban J connectivity index is 2.64. The smallest absolute Gasteiger partial charge is 0.135 e. The number of nitrogens with two attached hydrogens (primary N) is 1. The first-order valence-electron chi connectivity index (χ1n) is 4.19. The predicted molar refractivity (Wildman–Crippen MR) is 51.8 cm³/mol. The molecule has 0 bridgehead atoms. The van der Waals surface area contributed by atoms with Crippen LogP contribution in [0.15, 0.2) is 30.5 Å². The molecule has 3 heteroatoms. The van der Waals surface area contributed by atoms with Crippen molar-refractivity contribution in [3.8, 4) is 5.75 Å².